The molecule has 0 aliphatic carbocycles. The lowest BCUT2D eigenvalue weighted by atomic mass is 9.95. The molecule has 8 nitrogen and oxygen atoms in total. The number of H-pyrrole nitrogens is 1. The topological polar surface area (TPSA) is 119 Å². The summed E-state index contributed by atoms with van der Waals surface area (Å²) in [6.45, 7) is -0.0873. The van der Waals surface area contributed by atoms with Gasteiger partial charge in [-0.25, -0.2) is 4.79 Å². The number of nitrogens with zero attached hydrogens (tertiary/aromatic N) is 1. The predicted octanol–water partition coefficient (Wildman–Crippen LogP) is 4.70. The Morgan fingerprint density at radius 1 is 1.34 bits per heavy atom. The van der Waals surface area contributed by atoms with Crippen molar-refractivity contribution < 1.29 is 42.1 Å². The molecule has 12 heteroatoms. The van der Waals surface area contributed by atoms with Gasteiger partial charge in [-0.1, -0.05) is 11.8 Å². The van der Waals surface area contributed by atoms with E-state index in [0.29, 0.717) is 16.7 Å². The second kappa shape index (κ2) is 7.84. The van der Waals surface area contributed by atoms with Crippen LogP contribution in [0.1, 0.15) is 38.1 Å². The van der Waals surface area contributed by atoms with E-state index in [1.165, 1.54) is 18.1 Å². The van der Waals surface area contributed by atoms with Gasteiger partial charge in [-0.3, -0.25) is 4.79 Å². The van der Waals surface area contributed by atoms with Gasteiger partial charge >= 0.3 is 12.1 Å². The highest BCUT2D eigenvalue weighted by molar-refractivity contribution is 6.20. The van der Waals surface area contributed by atoms with Gasteiger partial charge in [0.15, 0.2) is 5.76 Å². The maximum Gasteiger partial charge on any atom is 0.432 e. The highest BCUT2D eigenvalue weighted by Crippen LogP contribution is 2.48. The Kier molecular flexibility index (Phi) is 5.13. The minimum absolute atomic E-state index is 0.0132. The Balaban J connectivity index is 1.72. The zero-order chi connectivity index (χ0) is 25.2. The van der Waals surface area contributed by atoms with Crippen molar-refractivity contribution in [3.63, 3.8) is 0 Å². The van der Waals surface area contributed by atoms with Crippen molar-refractivity contribution >= 4 is 51.0 Å². The molecule has 5 rings (SSSR count). The molecule has 2 aromatic heterocycles. The first-order valence-electron chi connectivity index (χ1n) is 10.2. The summed E-state index contributed by atoms with van der Waals surface area (Å²) in [7, 11) is 1.46. The van der Waals surface area contributed by atoms with Crippen LogP contribution in [0.4, 0.5) is 18.9 Å². The fourth-order valence-corrected chi connectivity index (χ4v) is 4.85. The van der Waals surface area contributed by atoms with Crippen LogP contribution in [-0.2, 0) is 6.18 Å². The lowest BCUT2D eigenvalue weighted by Gasteiger charge is -2.19. The number of halogens is 4. The summed E-state index contributed by atoms with van der Waals surface area (Å²) in [5, 5.41) is 22.5. The molecule has 182 valence electrons. The Morgan fingerprint density at radius 3 is 2.71 bits per heavy atom. The van der Waals surface area contributed by atoms with Crippen molar-refractivity contribution in [1.82, 2.24) is 4.98 Å². The number of carboxylic acid groups (broad SMARTS) is 1. The van der Waals surface area contributed by atoms with Gasteiger partial charge in [-0.15, -0.1) is 11.6 Å². The number of amides is 1. The quantitative estimate of drug-likeness (QED) is 0.387. The van der Waals surface area contributed by atoms with E-state index in [1.807, 2.05) is 4.98 Å². The van der Waals surface area contributed by atoms with Crippen LogP contribution >= 0.6 is 11.6 Å². The normalized spacial score (nSPS) is 15.7. The smallest absolute Gasteiger partial charge is 0.432 e. The van der Waals surface area contributed by atoms with E-state index in [-0.39, 0.29) is 29.4 Å². The molecule has 0 spiro atoms. The van der Waals surface area contributed by atoms with Gasteiger partial charge in [-0.2, -0.15) is 13.2 Å². The van der Waals surface area contributed by atoms with Crippen LogP contribution in [0.5, 0.6) is 11.5 Å². The monoisotopic (exact) mass is 507 g/mol. The number of rotatable bonds is 4. The standard InChI is InChI=1S/C23H16ClF3N2O6/c1-34-13-3-2-4-14-10(13)5-15(35-14)21(31)29-8-9(7-24)16-11(29)6-12(30)19-17(16)18(22(32)33)20(28-19)23(25,26)27/h2-6,9,28,30H,7-8H2,1H3,(H,32,33)/p-1/t9-/m1/s1. The second-order valence-electron chi connectivity index (χ2n) is 7.99. The lowest BCUT2D eigenvalue weighted by Crippen LogP contribution is -2.29. The number of carbonyl (C=O) groups excluding carboxylic acids is 1. The maximum atomic E-state index is 13.6. The fraction of sp³-hybridized carbons (Fsp3) is 0.217. The van der Waals surface area contributed by atoms with Gasteiger partial charge in [0, 0.05) is 41.0 Å². The molecule has 2 aromatic carbocycles. The van der Waals surface area contributed by atoms with E-state index in [1.54, 1.807) is 18.2 Å². The number of alkyl halides is 4. The zero-order valence-corrected chi connectivity index (χ0v) is 18.6. The molecule has 2 N–H and O–H groups in total. The summed E-state index contributed by atoms with van der Waals surface area (Å²) >= 11 is 6.09. The highest BCUT2D eigenvalue weighted by atomic mass is 35.5. The van der Waals surface area contributed by atoms with E-state index in [4.69, 9.17) is 20.8 Å². The molecule has 1 atom stereocenters. The van der Waals surface area contributed by atoms with E-state index >= 15 is 0 Å². The van der Waals surface area contributed by atoms with Gasteiger partial charge in [0.2, 0.25) is 0 Å². The van der Waals surface area contributed by atoms with Crippen LogP contribution in [0.15, 0.2) is 34.7 Å². The number of furan rings is 1. The van der Waals surface area contributed by atoms with Crippen molar-refractivity contribution in [2.24, 2.45) is 0 Å². The maximum absolute atomic E-state index is 13.6. The summed E-state index contributed by atoms with van der Waals surface area (Å²) in [6, 6.07) is 7.45. The molecular formula is C23H15ClF3N2O6-. The van der Waals surface area contributed by atoms with Crippen molar-refractivity contribution in [3.05, 3.63) is 52.9 Å². The fourth-order valence-electron chi connectivity index (χ4n) is 4.60. The third kappa shape index (κ3) is 3.37. The van der Waals surface area contributed by atoms with Crippen LogP contribution in [0.2, 0.25) is 0 Å². The number of aromatic nitrogens is 1. The van der Waals surface area contributed by atoms with Gasteiger partial charge in [0.1, 0.15) is 17.0 Å². The minimum atomic E-state index is -5.05. The number of aromatic amines is 1. The van der Waals surface area contributed by atoms with Crippen LogP contribution in [0.25, 0.3) is 21.9 Å². The van der Waals surface area contributed by atoms with E-state index < -0.39 is 51.9 Å². The molecule has 1 amide bonds. The summed E-state index contributed by atoms with van der Waals surface area (Å²) in [5.41, 5.74) is -2.70. The molecular weight excluding hydrogens is 493 g/mol. The Bertz CT molecular complexity index is 1520. The van der Waals surface area contributed by atoms with Gasteiger partial charge < -0.3 is 29.3 Å². The molecule has 0 unspecified atom stereocenters. The molecule has 1 aliphatic heterocycles. The number of anilines is 1. The number of carboxylic acids is 1. The average molecular weight is 508 g/mol. The minimum Gasteiger partial charge on any atom is -0.871 e. The van der Waals surface area contributed by atoms with Crippen molar-refractivity contribution in [1.29, 1.82) is 0 Å². The van der Waals surface area contributed by atoms with Crippen LogP contribution in [-0.4, -0.2) is 41.5 Å². The van der Waals surface area contributed by atoms with Gasteiger partial charge in [0.05, 0.1) is 18.1 Å². The Morgan fingerprint density at radius 2 is 2.09 bits per heavy atom. The molecule has 0 saturated carbocycles. The van der Waals surface area contributed by atoms with Gasteiger partial charge in [-0.05, 0) is 23.8 Å². The SMILES string of the molecule is COc1cccc2oc(C(=O)N3C[C@@H](CCl)c4c3cc([O-])c3[nH]c(C(F)(F)F)c(C(=O)O)c43)cc12. The van der Waals surface area contributed by atoms with Crippen LogP contribution in [0.3, 0.4) is 0 Å². The first-order valence-corrected chi connectivity index (χ1v) is 10.7. The number of methoxy groups -OCH3 is 1. The average Bonchev–Trinajstić information content (AvgIpc) is 3.50. The highest BCUT2D eigenvalue weighted by Gasteiger charge is 2.43. The van der Waals surface area contributed by atoms with E-state index in [9.17, 15) is 33.0 Å². The lowest BCUT2D eigenvalue weighted by molar-refractivity contribution is -0.266. The number of nitrogens with one attached hydrogen (secondary N) is 1. The molecule has 3 heterocycles. The largest absolute Gasteiger partial charge is 0.871 e. The Hall–Kier alpha value is -3.86. The summed E-state index contributed by atoms with van der Waals surface area (Å²) < 4.78 is 51.7. The number of aromatic carboxylic acids is 1. The summed E-state index contributed by atoms with van der Waals surface area (Å²) in [4.78, 5) is 28.4. The van der Waals surface area contributed by atoms with E-state index in [2.05, 4.69) is 0 Å². The number of hydrogen-bond donors (Lipinski definition) is 2. The third-order valence-corrected chi connectivity index (χ3v) is 6.41. The first-order chi connectivity index (χ1) is 16.6. The summed E-state index contributed by atoms with van der Waals surface area (Å²) in [6.07, 6.45) is -5.05. The predicted molar refractivity (Wildman–Crippen MR) is 118 cm³/mol. The summed E-state index contributed by atoms with van der Waals surface area (Å²) in [5.74, 6) is -3.92. The van der Waals surface area contributed by atoms with Crippen molar-refractivity contribution in [3.8, 4) is 11.5 Å². The van der Waals surface area contributed by atoms with E-state index in [0.717, 1.165) is 6.07 Å². The number of fused-ring (bicyclic) bond motifs is 4. The number of benzene rings is 2. The first kappa shape index (κ1) is 22.9. The molecule has 0 saturated heterocycles. The third-order valence-electron chi connectivity index (χ3n) is 6.04. The van der Waals surface area contributed by atoms with Gasteiger partial charge in [0.25, 0.3) is 5.91 Å². The molecule has 1 aliphatic rings. The zero-order valence-electron chi connectivity index (χ0n) is 17.8. The number of carbonyl (C=O) groups is 2. The van der Waals surface area contributed by atoms with Crippen LogP contribution in [0, 0.1) is 0 Å². The molecule has 0 fully saturated rings. The molecule has 0 bridgehead atoms. The van der Waals surface area contributed by atoms with Crippen molar-refractivity contribution in [2.45, 2.75) is 12.1 Å². The molecule has 4 aromatic rings. The number of ether oxygens (including phenoxy) is 1. The molecule has 35 heavy (non-hydrogen) atoms. The second-order valence-corrected chi connectivity index (χ2v) is 8.29. The van der Waals surface area contributed by atoms with Crippen LogP contribution < -0.4 is 14.7 Å². The Labute approximate surface area is 199 Å². The molecule has 0 radical (unpaired) electrons. The van der Waals surface area contributed by atoms with Crippen molar-refractivity contribution in [2.75, 3.05) is 24.4 Å². The number of hydrogen-bond acceptors (Lipinski definition) is 5.